The smallest absolute Gasteiger partial charge is 0.550 e. The Hall–Kier alpha value is -0.177. The first-order valence-corrected chi connectivity index (χ1v) is 2.02. The molecule has 0 amide bonds. The van der Waals surface area contributed by atoms with E-state index >= 15 is 0 Å². The third-order valence-corrected chi connectivity index (χ3v) is 0.533. The molecule has 0 N–H and O–H groups in total. The molecule has 9 heavy (non-hydrogen) atoms. The molecule has 0 saturated heterocycles. The van der Waals surface area contributed by atoms with Crippen LogP contribution in [0, 0.1) is 0 Å². The molecular weight excluding hydrogens is 203 g/mol. The van der Waals surface area contributed by atoms with Crippen LogP contribution in [0.5, 0.6) is 0 Å². The number of carbonyl (C=O) groups excluding carboxylic acids is 2. The maximum Gasteiger partial charge on any atom is 2.00 e. The van der Waals surface area contributed by atoms with E-state index in [9.17, 15) is 19.8 Å². The number of aliphatic carboxylic acids is 2. The number of hydrogen-bond acceptors (Lipinski definition) is 4. The molecule has 4 nitrogen and oxygen atoms in total. The first-order valence-electron chi connectivity index (χ1n) is 2.02. The van der Waals surface area contributed by atoms with Gasteiger partial charge in [0, 0.05) is 11.9 Å². The van der Waals surface area contributed by atoms with Crippen molar-refractivity contribution in [1.29, 1.82) is 0 Å². The Morgan fingerprint density at radius 2 is 1.22 bits per heavy atom. The second-order valence-electron chi connectivity index (χ2n) is 1.24. The van der Waals surface area contributed by atoms with Gasteiger partial charge in [0.05, 0.1) is 0 Å². The SMILES string of the molecule is O=C([O-])CCC(=O)[O-].[Zr+2]. The van der Waals surface area contributed by atoms with Crippen LogP contribution < -0.4 is 10.2 Å². The molecule has 0 bridgehead atoms. The van der Waals surface area contributed by atoms with Crippen LogP contribution in [0.3, 0.4) is 0 Å². The minimum atomic E-state index is -1.37. The Bertz CT molecular complexity index is 97.1. The van der Waals surface area contributed by atoms with Gasteiger partial charge in [-0.25, -0.2) is 0 Å². The molecule has 0 rings (SSSR count). The molecule has 48 valence electrons. The van der Waals surface area contributed by atoms with Gasteiger partial charge in [-0.1, -0.05) is 0 Å². The number of carbonyl (C=O) groups is 2. The van der Waals surface area contributed by atoms with Gasteiger partial charge in [0.25, 0.3) is 0 Å². The summed E-state index contributed by atoms with van der Waals surface area (Å²) < 4.78 is 0. The molecule has 0 aromatic rings. The fourth-order valence-corrected chi connectivity index (χ4v) is 0.204. The molecule has 0 unspecified atom stereocenters. The zero-order valence-electron chi connectivity index (χ0n) is 4.55. The van der Waals surface area contributed by atoms with E-state index in [0.717, 1.165) is 0 Å². The Labute approximate surface area is 71.0 Å². The van der Waals surface area contributed by atoms with Crippen molar-refractivity contribution >= 4 is 11.9 Å². The van der Waals surface area contributed by atoms with E-state index in [1.807, 2.05) is 0 Å². The molecule has 0 aromatic heterocycles. The summed E-state index contributed by atoms with van der Waals surface area (Å²) in [7, 11) is 0. The molecule has 0 aromatic carbocycles. The zero-order chi connectivity index (χ0) is 6.57. The van der Waals surface area contributed by atoms with Crippen molar-refractivity contribution in [3.63, 3.8) is 0 Å². The van der Waals surface area contributed by atoms with E-state index in [-0.39, 0.29) is 26.2 Å². The van der Waals surface area contributed by atoms with Crippen molar-refractivity contribution in [2.24, 2.45) is 0 Å². The minimum absolute atomic E-state index is 0. The van der Waals surface area contributed by atoms with Crippen LogP contribution in [0.2, 0.25) is 0 Å². The summed E-state index contributed by atoms with van der Waals surface area (Å²) in [5.41, 5.74) is 0. The molecule has 0 saturated carbocycles. The largest absolute Gasteiger partial charge is 2.00 e. The number of carboxylic acids is 2. The van der Waals surface area contributed by atoms with E-state index in [1.54, 1.807) is 0 Å². The van der Waals surface area contributed by atoms with Gasteiger partial charge in [-0.15, -0.1) is 0 Å². The fraction of sp³-hybridized carbons (Fsp3) is 0.500. The van der Waals surface area contributed by atoms with Crippen LogP contribution in [-0.4, -0.2) is 11.9 Å². The van der Waals surface area contributed by atoms with Crippen molar-refractivity contribution < 1.29 is 46.0 Å². The topological polar surface area (TPSA) is 80.3 Å². The quantitative estimate of drug-likeness (QED) is 0.503. The number of rotatable bonds is 3. The predicted octanol–water partition coefficient (Wildman–Crippen LogP) is -2.74. The van der Waals surface area contributed by atoms with Crippen LogP contribution in [-0.2, 0) is 35.8 Å². The summed E-state index contributed by atoms with van der Waals surface area (Å²) in [6.07, 6.45) is -0.940. The Balaban J connectivity index is 0. The third kappa shape index (κ3) is 11.4. The summed E-state index contributed by atoms with van der Waals surface area (Å²) in [5.74, 6) is -2.73. The van der Waals surface area contributed by atoms with Gasteiger partial charge in [0.2, 0.25) is 0 Å². The number of carboxylic acid groups (broad SMARTS) is 2. The van der Waals surface area contributed by atoms with Gasteiger partial charge in [0.15, 0.2) is 0 Å². The molecule has 0 aliphatic rings. The average Bonchev–Trinajstić information content (AvgIpc) is 1.61. The van der Waals surface area contributed by atoms with E-state index in [2.05, 4.69) is 0 Å². The summed E-state index contributed by atoms with van der Waals surface area (Å²) >= 11 is 0. The second kappa shape index (κ2) is 5.95. The monoisotopic (exact) mass is 206 g/mol. The van der Waals surface area contributed by atoms with Gasteiger partial charge in [-0.05, 0) is 12.8 Å². The third-order valence-electron chi connectivity index (χ3n) is 0.533. The molecule has 5 heteroatoms. The Kier molecular flexibility index (Phi) is 7.67. The van der Waals surface area contributed by atoms with Crippen molar-refractivity contribution in [3.05, 3.63) is 0 Å². The molecule has 0 heterocycles. The maximum atomic E-state index is 9.50. The molecule has 0 aliphatic heterocycles. The molecule has 0 spiro atoms. The van der Waals surface area contributed by atoms with Crippen LogP contribution in [0.15, 0.2) is 0 Å². The molecule has 0 atom stereocenters. The summed E-state index contributed by atoms with van der Waals surface area (Å²) in [6.45, 7) is 0. The number of hydrogen-bond donors (Lipinski definition) is 0. The van der Waals surface area contributed by atoms with Crippen molar-refractivity contribution in [3.8, 4) is 0 Å². The van der Waals surface area contributed by atoms with Crippen LogP contribution >= 0.6 is 0 Å². The van der Waals surface area contributed by atoms with E-state index in [0.29, 0.717) is 0 Å². The first-order chi connectivity index (χ1) is 3.63. The summed E-state index contributed by atoms with van der Waals surface area (Å²) in [5, 5.41) is 19.0. The van der Waals surface area contributed by atoms with Crippen LogP contribution in [0.1, 0.15) is 12.8 Å². The molecule has 0 radical (unpaired) electrons. The Morgan fingerprint density at radius 1 is 1.00 bits per heavy atom. The zero-order valence-corrected chi connectivity index (χ0v) is 7.01. The fourth-order valence-electron chi connectivity index (χ4n) is 0.204. The van der Waals surface area contributed by atoms with Gasteiger partial charge in [-0.3, -0.25) is 0 Å². The molecular formula is C4H4O4Zr. The first kappa shape index (κ1) is 11.6. The van der Waals surface area contributed by atoms with Gasteiger partial charge in [-0.2, -0.15) is 0 Å². The van der Waals surface area contributed by atoms with Gasteiger partial charge >= 0.3 is 26.2 Å². The maximum absolute atomic E-state index is 9.50. The van der Waals surface area contributed by atoms with E-state index in [1.165, 1.54) is 0 Å². The van der Waals surface area contributed by atoms with Crippen molar-refractivity contribution in [2.45, 2.75) is 12.8 Å². The minimum Gasteiger partial charge on any atom is -0.550 e. The average molecular weight is 207 g/mol. The predicted molar refractivity (Wildman–Crippen MR) is 19.2 cm³/mol. The van der Waals surface area contributed by atoms with E-state index < -0.39 is 24.8 Å². The van der Waals surface area contributed by atoms with Crippen LogP contribution in [0.25, 0.3) is 0 Å². The molecule has 0 fully saturated rings. The Morgan fingerprint density at radius 3 is 1.33 bits per heavy atom. The summed E-state index contributed by atoms with van der Waals surface area (Å²) in [4.78, 5) is 19.0. The van der Waals surface area contributed by atoms with Crippen molar-refractivity contribution in [1.82, 2.24) is 0 Å². The van der Waals surface area contributed by atoms with Crippen LogP contribution in [0.4, 0.5) is 0 Å². The molecule has 0 aliphatic carbocycles. The van der Waals surface area contributed by atoms with E-state index in [4.69, 9.17) is 0 Å². The second-order valence-corrected chi connectivity index (χ2v) is 1.24. The van der Waals surface area contributed by atoms with Gasteiger partial charge in [0.1, 0.15) is 0 Å². The van der Waals surface area contributed by atoms with Crippen molar-refractivity contribution in [2.75, 3.05) is 0 Å². The summed E-state index contributed by atoms with van der Waals surface area (Å²) in [6, 6.07) is 0. The normalized spacial score (nSPS) is 7.56. The van der Waals surface area contributed by atoms with Gasteiger partial charge < -0.3 is 19.8 Å². The standard InChI is InChI=1S/C4H6O4.Zr/c5-3(6)1-2-4(7)8;/h1-2H2,(H,5,6)(H,7,8);/q;+2/p-2.